The second kappa shape index (κ2) is 5.79. The van der Waals surface area contributed by atoms with E-state index >= 15 is 0 Å². The number of methoxy groups -OCH3 is 1. The lowest BCUT2D eigenvalue weighted by atomic mass is 10.0. The predicted molar refractivity (Wildman–Crippen MR) is 60.5 cm³/mol. The molecule has 1 aromatic heterocycles. The number of aromatic nitrogens is 1. The molecule has 6 nitrogen and oxygen atoms in total. The predicted octanol–water partition coefficient (Wildman–Crippen LogP) is 0.712. The third-order valence-electron chi connectivity index (χ3n) is 2.62. The van der Waals surface area contributed by atoms with E-state index in [9.17, 15) is 9.90 Å². The molecule has 0 aliphatic rings. The maximum absolute atomic E-state index is 11.8. The first-order valence-corrected chi connectivity index (χ1v) is 5.42. The zero-order valence-electron chi connectivity index (χ0n) is 10.3. The van der Waals surface area contributed by atoms with Crippen molar-refractivity contribution < 1.29 is 19.2 Å². The molecule has 1 rings (SSSR count). The molecular weight excluding hydrogens is 224 g/mol. The van der Waals surface area contributed by atoms with Gasteiger partial charge in [0.25, 0.3) is 5.91 Å². The summed E-state index contributed by atoms with van der Waals surface area (Å²) in [5, 5.41) is 15.5. The zero-order valence-corrected chi connectivity index (χ0v) is 10.3. The van der Waals surface area contributed by atoms with E-state index in [4.69, 9.17) is 9.26 Å². The van der Waals surface area contributed by atoms with Gasteiger partial charge >= 0.3 is 0 Å². The van der Waals surface area contributed by atoms with Crippen LogP contribution in [0.3, 0.4) is 0 Å². The van der Waals surface area contributed by atoms with Crippen molar-refractivity contribution in [3.8, 4) is 0 Å². The monoisotopic (exact) mass is 242 g/mol. The molecule has 0 radical (unpaired) electrons. The van der Waals surface area contributed by atoms with Crippen LogP contribution in [0.4, 0.5) is 0 Å². The van der Waals surface area contributed by atoms with Gasteiger partial charge in [0.1, 0.15) is 6.61 Å². The molecule has 1 aromatic rings. The van der Waals surface area contributed by atoms with Gasteiger partial charge in [0.2, 0.25) is 0 Å². The van der Waals surface area contributed by atoms with E-state index in [0.29, 0.717) is 12.2 Å². The van der Waals surface area contributed by atoms with Crippen molar-refractivity contribution >= 4 is 5.91 Å². The zero-order chi connectivity index (χ0) is 12.9. The lowest BCUT2D eigenvalue weighted by Crippen LogP contribution is -2.48. The number of nitrogens with zero attached hydrogens (tertiary/aromatic N) is 1. The van der Waals surface area contributed by atoms with Gasteiger partial charge in [0.15, 0.2) is 11.5 Å². The Bertz CT molecular complexity index is 371. The summed E-state index contributed by atoms with van der Waals surface area (Å²) >= 11 is 0. The minimum Gasteiger partial charge on any atom is -0.394 e. The Morgan fingerprint density at radius 1 is 1.71 bits per heavy atom. The van der Waals surface area contributed by atoms with E-state index in [1.807, 2.05) is 6.92 Å². The van der Waals surface area contributed by atoms with Crippen LogP contribution in [0.15, 0.2) is 10.6 Å². The standard InChI is InChI=1S/C11H18N2O4/c1-4-11(2,7-14)12-10(15)9-5-8(6-16-3)17-13-9/h5,14H,4,6-7H2,1-3H3,(H,12,15). The molecule has 0 spiro atoms. The molecule has 1 unspecified atom stereocenters. The van der Waals surface area contributed by atoms with Crippen molar-refractivity contribution in [3.63, 3.8) is 0 Å². The number of hydrogen-bond acceptors (Lipinski definition) is 5. The SMILES string of the molecule is CCC(C)(CO)NC(=O)c1cc(COC)on1. The summed E-state index contributed by atoms with van der Waals surface area (Å²) in [5.74, 6) is 0.120. The van der Waals surface area contributed by atoms with E-state index in [1.165, 1.54) is 13.2 Å². The Labute approximate surface area is 99.9 Å². The molecule has 0 saturated carbocycles. The number of aliphatic hydroxyl groups is 1. The molecule has 0 bridgehead atoms. The van der Waals surface area contributed by atoms with Crippen molar-refractivity contribution in [2.24, 2.45) is 0 Å². The fourth-order valence-electron chi connectivity index (χ4n) is 1.21. The van der Waals surface area contributed by atoms with Crippen molar-refractivity contribution in [2.75, 3.05) is 13.7 Å². The average molecular weight is 242 g/mol. The largest absolute Gasteiger partial charge is 0.394 e. The quantitative estimate of drug-likeness (QED) is 0.767. The summed E-state index contributed by atoms with van der Waals surface area (Å²) < 4.78 is 9.77. The number of hydrogen-bond donors (Lipinski definition) is 2. The Balaban J connectivity index is 2.69. The Morgan fingerprint density at radius 3 is 2.94 bits per heavy atom. The van der Waals surface area contributed by atoms with Crippen molar-refractivity contribution in [2.45, 2.75) is 32.4 Å². The van der Waals surface area contributed by atoms with Crippen LogP contribution < -0.4 is 5.32 Å². The molecule has 0 fully saturated rings. The molecule has 0 aliphatic heterocycles. The Morgan fingerprint density at radius 2 is 2.41 bits per heavy atom. The first-order valence-electron chi connectivity index (χ1n) is 5.42. The number of amides is 1. The highest BCUT2D eigenvalue weighted by Crippen LogP contribution is 2.10. The molecule has 17 heavy (non-hydrogen) atoms. The third kappa shape index (κ3) is 3.54. The number of carbonyl (C=O) groups is 1. The lowest BCUT2D eigenvalue weighted by Gasteiger charge is -2.26. The number of rotatable bonds is 6. The van der Waals surface area contributed by atoms with Gasteiger partial charge in [-0.25, -0.2) is 0 Å². The lowest BCUT2D eigenvalue weighted by molar-refractivity contribution is 0.0837. The van der Waals surface area contributed by atoms with Crippen LogP contribution in [-0.2, 0) is 11.3 Å². The molecule has 0 aliphatic carbocycles. The molecule has 1 atom stereocenters. The van der Waals surface area contributed by atoms with Gasteiger partial charge in [-0.1, -0.05) is 12.1 Å². The number of aliphatic hydroxyl groups excluding tert-OH is 1. The number of ether oxygens (including phenoxy) is 1. The van der Waals surface area contributed by atoms with Gasteiger partial charge in [0.05, 0.1) is 12.1 Å². The first kappa shape index (κ1) is 13.7. The molecule has 1 heterocycles. The molecule has 6 heteroatoms. The highest BCUT2D eigenvalue weighted by atomic mass is 16.5. The highest BCUT2D eigenvalue weighted by Gasteiger charge is 2.25. The second-order valence-electron chi connectivity index (χ2n) is 4.14. The number of nitrogens with one attached hydrogen (secondary N) is 1. The van der Waals surface area contributed by atoms with E-state index < -0.39 is 5.54 Å². The van der Waals surface area contributed by atoms with Gasteiger partial charge in [0, 0.05) is 13.2 Å². The summed E-state index contributed by atoms with van der Waals surface area (Å²) in [5.41, 5.74) is -0.456. The van der Waals surface area contributed by atoms with Crippen molar-refractivity contribution in [1.29, 1.82) is 0 Å². The minimum absolute atomic E-state index is 0.127. The van der Waals surface area contributed by atoms with Crippen LogP contribution in [0, 0.1) is 0 Å². The first-order chi connectivity index (χ1) is 8.04. The summed E-state index contributed by atoms with van der Waals surface area (Å²) in [4.78, 5) is 11.8. The molecule has 1 amide bonds. The fourth-order valence-corrected chi connectivity index (χ4v) is 1.21. The number of carbonyl (C=O) groups excluding carboxylic acids is 1. The van der Waals surface area contributed by atoms with Crippen molar-refractivity contribution in [3.05, 3.63) is 17.5 Å². The summed E-state index contributed by atoms with van der Waals surface area (Å²) in [6.07, 6.45) is 0.623. The van der Waals surface area contributed by atoms with Crippen LogP contribution in [0.2, 0.25) is 0 Å². The Hall–Kier alpha value is -1.40. The van der Waals surface area contributed by atoms with Crippen LogP contribution in [0.1, 0.15) is 36.5 Å². The van der Waals surface area contributed by atoms with Gasteiger partial charge in [-0.05, 0) is 13.3 Å². The van der Waals surface area contributed by atoms with Crippen molar-refractivity contribution in [1.82, 2.24) is 10.5 Å². The molecule has 2 N–H and O–H groups in total. The van der Waals surface area contributed by atoms with Crippen LogP contribution in [0.25, 0.3) is 0 Å². The second-order valence-corrected chi connectivity index (χ2v) is 4.14. The molecular formula is C11H18N2O4. The Kier molecular flexibility index (Phi) is 4.65. The fraction of sp³-hybridized carbons (Fsp3) is 0.636. The summed E-state index contributed by atoms with van der Waals surface area (Å²) in [6.45, 7) is 3.79. The van der Waals surface area contributed by atoms with Gasteiger partial charge in [-0.15, -0.1) is 0 Å². The smallest absolute Gasteiger partial charge is 0.273 e. The normalized spacial score (nSPS) is 14.4. The maximum Gasteiger partial charge on any atom is 0.273 e. The molecule has 0 saturated heterocycles. The third-order valence-corrected chi connectivity index (χ3v) is 2.62. The maximum atomic E-state index is 11.8. The van der Waals surface area contributed by atoms with Crippen LogP contribution in [0.5, 0.6) is 0 Å². The van der Waals surface area contributed by atoms with Crippen LogP contribution in [-0.4, -0.2) is 35.4 Å². The minimum atomic E-state index is -0.641. The van der Waals surface area contributed by atoms with Gasteiger partial charge < -0.3 is 19.7 Å². The van der Waals surface area contributed by atoms with Gasteiger partial charge in [-0.3, -0.25) is 4.79 Å². The summed E-state index contributed by atoms with van der Waals surface area (Å²) in [7, 11) is 1.53. The molecule has 0 aromatic carbocycles. The van der Waals surface area contributed by atoms with E-state index in [1.54, 1.807) is 6.92 Å². The summed E-state index contributed by atoms with van der Waals surface area (Å²) in [6, 6.07) is 1.52. The van der Waals surface area contributed by atoms with Gasteiger partial charge in [-0.2, -0.15) is 0 Å². The topological polar surface area (TPSA) is 84.6 Å². The highest BCUT2D eigenvalue weighted by molar-refractivity contribution is 5.92. The van der Waals surface area contributed by atoms with E-state index in [2.05, 4.69) is 10.5 Å². The van der Waals surface area contributed by atoms with E-state index in [0.717, 1.165) is 0 Å². The van der Waals surface area contributed by atoms with Crippen LogP contribution >= 0.6 is 0 Å². The average Bonchev–Trinajstić information content (AvgIpc) is 2.78. The molecule has 96 valence electrons. The van der Waals surface area contributed by atoms with E-state index in [-0.39, 0.29) is 24.8 Å².